The van der Waals surface area contributed by atoms with Gasteiger partial charge in [0.1, 0.15) is 5.02 Å². The quantitative estimate of drug-likeness (QED) is 0.181. The van der Waals surface area contributed by atoms with Crippen LogP contribution in [0.3, 0.4) is 0 Å². The Morgan fingerprint density at radius 2 is 1.28 bits per heavy atom. The van der Waals surface area contributed by atoms with Crippen molar-refractivity contribution in [2.45, 2.75) is 49.4 Å². The maximum absolute atomic E-state index is 6.37. The number of anilines is 4. The summed E-state index contributed by atoms with van der Waals surface area (Å²) in [6, 6.07) is 13.4. The van der Waals surface area contributed by atoms with Crippen LogP contribution < -0.4 is 16.4 Å². The first kappa shape index (κ1) is 35.4. The Kier molecular flexibility index (Phi) is 11.4. The fraction of sp³-hybridized carbons (Fsp3) is 0.394. The Morgan fingerprint density at radius 3 is 1.91 bits per heavy atom. The van der Waals surface area contributed by atoms with Crippen LogP contribution in [0.1, 0.15) is 48.8 Å². The minimum atomic E-state index is 0.129. The van der Waals surface area contributed by atoms with E-state index in [1.807, 2.05) is 11.8 Å². The molecule has 0 saturated carbocycles. The standard InChI is InChI=1S/C16H16BrClN4S.C13H15BrS.C4H3Cl2N3/c17-10-1-2-11-13(7-10)22(9-16(11)3-5-23-6-4-16)14-12(18)8-20-15(19)21-14;14-11-1-2-12-10(9-11)3-4-13(12)5-7-15-8-6-13;5-2-1-8-4(7)9-3(2)6/h1-2,7-8H,3-6,9H2,(H2,19,20,21);1-2,9H,3-8H2;1H,(H2,7,8,9). The Morgan fingerprint density at radius 1 is 0.702 bits per heavy atom. The number of halogens is 5. The number of aryl methyl sites for hydroxylation is 1. The van der Waals surface area contributed by atoms with Crippen molar-refractivity contribution in [1.29, 1.82) is 0 Å². The van der Waals surface area contributed by atoms with Crippen LogP contribution in [0.15, 0.2) is 57.7 Å². The molecule has 0 unspecified atom stereocenters. The second-order valence-corrected chi connectivity index (χ2v) is 17.6. The molecule has 248 valence electrons. The van der Waals surface area contributed by atoms with Gasteiger partial charge in [-0.1, -0.05) is 78.8 Å². The predicted molar refractivity (Wildman–Crippen MR) is 208 cm³/mol. The molecule has 2 aromatic carbocycles. The Bertz CT molecular complexity index is 1750. The average Bonchev–Trinajstić information content (AvgIpc) is 3.55. The highest BCUT2D eigenvalue weighted by Gasteiger charge is 2.45. The number of benzene rings is 2. The molecule has 0 bridgehead atoms. The second kappa shape index (κ2) is 15.2. The van der Waals surface area contributed by atoms with E-state index >= 15 is 0 Å². The maximum atomic E-state index is 6.37. The van der Waals surface area contributed by atoms with Crippen LogP contribution in [0.5, 0.6) is 0 Å². The molecule has 47 heavy (non-hydrogen) atoms. The van der Waals surface area contributed by atoms with Crippen molar-refractivity contribution < 1.29 is 0 Å². The van der Waals surface area contributed by atoms with Crippen LogP contribution in [-0.2, 0) is 17.3 Å². The van der Waals surface area contributed by atoms with Gasteiger partial charge in [-0.3, -0.25) is 0 Å². The highest BCUT2D eigenvalue weighted by molar-refractivity contribution is 9.10. The zero-order valence-corrected chi connectivity index (χ0v) is 32.6. The summed E-state index contributed by atoms with van der Waals surface area (Å²) in [6.07, 6.45) is 10.8. The Balaban J connectivity index is 0.000000138. The van der Waals surface area contributed by atoms with Crippen molar-refractivity contribution in [3.63, 3.8) is 0 Å². The molecule has 4 aliphatic rings. The van der Waals surface area contributed by atoms with Crippen molar-refractivity contribution in [3.8, 4) is 0 Å². The molecule has 7 nitrogen and oxygen atoms in total. The zero-order chi connectivity index (χ0) is 33.2. The molecule has 5 heterocycles. The molecule has 1 aliphatic carbocycles. The predicted octanol–water partition coefficient (Wildman–Crippen LogP) is 9.92. The first-order valence-electron chi connectivity index (χ1n) is 15.3. The van der Waals surface area contributed by atoms with E-state index in [0.29, 0.717) is 21.3 Å². The van der Waals surface area contributed by atoms with E-state index in [4.69, 9.17) is 46.3 Å². The highest BCUT2D eigenvalue weighted by Crippen LogP contribution is 2.52. The minimum absolute atomic E-state index is 0.129. The van der Waals surface area contributed by atoms with E-state index in [2.05, 4.69) is 105 Å². The van der Waals surface area contributed by atoms with Gasteiger partial charge in [0.2, 0.25) is 11.9 Å². The second-order valence-electron chi connectivity index (χ2n) is 12.1. The molecule has 2 aromatic heterocycles. The number of rotatable bonds is 1. The number of hydrogen-bond acceptors (Lipinski definition) is 9. The van der Waals surface area contributed by atoms with E-state index in [9.17, 15) is 0 Å². The number of nitrogens with two attached hydrogens (primary N) is 2. The molecular formula is C33H34Br2Cl3N7S2. The summed E-state index contributed by atoms with van der Waals surface area (Å²) < 4.78 is 2.30. The summed E-state index contributed by atoms with van der Waals surface area (Å²) in [7, 11) is 0. The molecule has 2 fully saturated rings. The molecule has 3 aliphatic heterocycles. The van der Waals surface area contributed by atoms with Gasteiger partial charge in [-0.15, -0.1) is 0 Å². The van der Waals surface area contributed by atoms with Gasteiger partial charge in [0.25, 0.3) is 0 Å². The lowest BCUT2D eigenvalue weighted by atomic mass is 9.77. The molecular weight excluding hydrogens is 825 g/mol. The zero-order valence-electron chi connectivity index (χ0n) is 25.5. The van der Waals surface area contributed by atoms with Crippen LogP contribution in [0, 0.1) is 0 Å². The van der Waals surface area contributed by atoms with Crippen molar-refractivity contribution >= 4 is 114 Å². The van der Waals surface area contributed by atoms with Crippen molar-refractivity contribution in [1.82, 2.24) is 19.9 Å². The monoisotopic (exact) mass is 855 g/mol. The summed E-state index contributed by atoms with van der Waals surface area (Å²) >= 11 is 28.6. The summed E-state index contributed by atoms with van der Waals surface area (Å²) in [4.78, 5) is 17.8. The SMILES string of the molecule is Brc1ccc2c(c1)CCC21CCSCC1.Nc1ncc(Cl)c(Cl)n1.Nc1ncc(Cl)c(N2CC3(CCSCC3)c3ccc(Br)cc32)n1. The number of fused-ring (bicyclic) bond motifs is 4. The third kappa shape index (κ3) is 7.81. The van der Waals surface area contributed by atoms with Gasteiger partial charge >= 0.3 is 0 Å². The van der Waals surface area contributed by atoms with Crippen LogP contribution in [0.2, 0.25) is 15.2 Å². The van der Waals surface area contributed by atoms with Crippen LogP contribution in [0.25, 0.3) is 0 Å². The van der Waals surface area contributed by atoms with E-state index in [1.165, 1.54) is 83.5 Å². The lowest BCUT2D eigenvalue weighted by Gasteiger charge is -2.34. The lowest BCUT2D eigenvalue weighted by Crippen LogP contribution is -2.35. The smallest absolute Gasteiger partial charge is 0.222 e. The van der Waals surface area contributed by atoms with Crippen molar-refractivity contribution in [2.75, 3.05) is 45.9 Å². The first-order chi connectivity index (χ1) is 22.6. The molecule has 4 N–H and O–H groups in total. The summed E-state index contributed by atoms with van der Waals surface area (Å²) in [5.41, 5.74) is 17.5. The molecule has 0 atom stereocenters. The molecule has 4 aromatic rings. The van der Waals surface area contributed by atoms with Crippen molar-refractivity contribution in [2.24, 2.45) is 0 Å². The van der Waals surface area contributed by atoms with Gasteiger partial charge in [-0.2, -0.15) is 33.5 Å². The number of hydrogen-bond donors (Lipinski definition) is 2. The number of nitrogens with zero attached hydrogens (tertiary/aromatic N) is 5. The fourth-order valence-electron chi connectivity index (χ4n) is 7.02. The topological polar surface area (TPSA) is 107 Å². The Labute approximate surface area is 316 Å². The third-order valence-electron chi connectivity index (χ3n) is 9.41. The molecule has 2 saturated heterocycles. The minimum Gasteiger partial charge on any atom is -0.368 e. The summed E-state index contributed by atoms with van der Waals surface area (Å²) in [5, 5.41) is 1.03. The number of thioether (sulfide) groups is 2. The van der Waals surface area contributed by atoms with E-state index in [1.54, 1.807) is 17.3 Å². The van der Waals surface area contributed by atoms with Crippen LogP contribution >= 0.6 is 90.2 Å². The normalized spacial score (nSPS) is 18.5. The van der Waals surface area contributed by atoms with Gasteiger partial charge in [-0.05, 0) is 108 Å². The van der Waals surface area contributed by atoms with Gasteiger partial charge in [0.15, 0.2) is 11.0 Å². The summed E-state index contributed by atoms with van der Waals surface area (Å²) in [6.45, 7) is 0.898. The van der Waals surface area contributed by atoms with E-state index in [-0.39, 0.29) is 22.5 Å². The molecule has 0 radical (unpaired) electrons. The average molecular weight is 859 g/mol. The molecule has 2 spiro atoms. The third-order valence-corrected chi connectivity index (χ3v) is 13.3. The van der Waals surface area contributed by atoms with Gasteiger partial charge in [-0.25, -0.2) is 9.97 Å². The first-order valence-corrected chi connectivity index (χ1v) is 20.4. The number of aromatic nitrogens is 4. The van der Waals surface area contributed by atoms with Crippen LogP contribution in [0.4, 0.5) is 23.4 Å². The van der Waals surface area contributed by atoms with E-state index in [0.717, 1.165) is 11.0 Å². The summed E-state index contributed by atoms with van der Waals surface area (Å²) in [5.74, 6) is 6.19. The Hall–Kier alpha value is -1.47. The maximum Gasteiger partial charge on any atom is 0.222 e. The van der Waals surface area contributed by atoms with Crippen molar-refractivity contribution in [3.05, 3.63) is 89.6 Å². The van der Waals surface area contributed by atoms with Crippen LogP contribution in [-0.4, -0.2) is 49.5 Å². The largest absolute Gasteiger partial charge is 0.368 e. The molecule has 8 rings (SSSR count). The fourth-order valence-corrected chi connectivity index (χ4v) is 10.7. The molecule has 14 heteroatoms. The van der Waals surface area contributed by atoms with Gasteiger partial charge in [0.05, 0.1) is 17.4 Å². The lowest BCUT2D eigenvalue weighted by molar-refractivity contribution is 0.392. The number of nitrogen functional groups attached to an aromatic ring is 2. The van der Waals surface area contributed by atoms with Gasteiger partial charge in [0, 0.05) is 26.6 Å². The van der Waals surface area contributed by atoms with Gasteiger partial charge < -0.3 is 16.4 Å². The molecule has 0 amide bonds. The van der Waals surface area contributed by atoms with E-state index < -0.39 is 0 Å². The highest BCUT2D eigenvalue weighted by atomic mass is 79.9.